The van der Waals surface area contributed by atoms with Gasteiger partial charge in [-0.2, -0.15) is 0 Å². The van der Waals surface area contributed by atoms with Gasteiger partial charge in [0.05, 0.1) is 11.0 Å². The summed E-state index contributed by atoms with van der Waals surface area (Å²) in [6.07, 6.45) is 0. The van der Waals surface area contributed by atoms with Crippen LogP contribution in [0.5, 0.6) is 0 Å². The molecule has 3 rings (SSSR count). The summed E-state index contributed by atoms with van der Waals surface area (Å²) in [5, 5.41) is 6.82. The van der Waals surface area contributed by atoms with Crippen LogP contribution in [0.25, 0.3) is 0 Å². The second kappa shape index (κ2) is 7.89. The predicted molar refractivity (Wildman–Crippen MR) is 94.1 cm³/mol. The molecule has 1 aromatic carbocycles. The van der Waals surface area contributed by atoms with E-state index in [2.05, 4.69) is 0 Å². The fraction of sp³-hybridized carbons (Fsp3) is 0.529. The minimum Gasteiger partial charge on any atom is -0.481 e. The van der Waals surface area contributed by atoms with Crippen molar-refractivity contribution in [1.82, 2.24) is 9.80 Å². The van der Waals surface area contributed by atoms with Gasteiger partial charge < -0.3 is 14.9 Å². The number of likely N-dealkylation sites (tertiary alicyclic amines) is 1. The van der Waals surface area contributed by atoms with E-state index in [1.165, 1.54) is 4.90 Å². The SMILES string of the molecule is CC(=O)O.CN(C)[C@@H]1CS(=O)(=O)[C@H]2CN(C(=O)c3cc(F)cc(F)c3)C[C@@H]12. The number of carboxylic acids is 1. The van der Waals surface area contributed by atoms with E-state index in [1.807, 2.05) is 19.0 Å². The van der Waals surface area contributed by atoms with E-state index in [0.29, 0.717) is 6.07 Å². The number of aliphatic carboxylic acids is 1. The third kappa shape index (κ3) is 4.81. The molecule has 10 heteroatoms. The van der Waals surface area contributed by atoms with Crippen molar-refractivity contribution < 1.29 is 31.9 Å². The molecule has 2 aliphatic heterocycles. The number of benzene rings is 1. The van der Waals surface area contributed by atoms with Crippen LogP contribution in [0.2, 0.25) is 0 Å². The normalized spacial score (nSPS) is 25.7. The molecule has 0 bridgehead atoms. The second-order valence-corrected chi connectivity index (χ2v) is 9.21. The molecule has 2 heterocycles. The number of sulfone groups is 1. The Labute approximate surface area is 156 Å². The standard InChI is InChI=1S/C15H18F2N2O3S.C2H4O2/c1-18(2)13-8-23(21,22)14-7-19(6-12(13)14)15(20)9-3-10(16)5-11(17)4-9;1-2(3)4/h3-5,12-14H,6-8H2,1-2H3;1H3,(H,3,4)/t12-,13+,14-;/m0./s1. The first-order chi connectivity index (χ1) is 12.4. The first-order valence-electron chi connectivity index (χ1n) is 8.25. The summed E-state index contributed by atoms with van der Waals surface area (Å²) < 4.78 is 51.1. The summed E-state index contributed by atoms with van der Waals surface area (Å²) in [7, 11) is 0.362. The van der Waals surface area contributed by atoms with E-state index in [1.54, 1.807) is 0 Å². The summed E-state index contributed by atoms with van der Waals surface area (Å²) in [6.45, 7) is 1.44. The highest BCUT2D eigenvalue weighted by atomic mass is 32.2. The van der Waals surface area contributed by atoms with Gasteiger partial charge in [0.2, 0.25) is 0 Å². The minimum atomic E-state index is -3.27. The van der Waals surface area contributed by atoms with Crippen molar-refractivity contribution in [2.45, 2.75) is 18.2 Å². The molecule has 1 aromatic rings. The van der Waals surface area contributed by atoms with Crippen molar-refractivity contribution >= 4 is 21.7 Å². The molecule has 150 valence electrons. The van der Waals surface area contributed by atoms with Gasteiger partial charge in [-0.1, -0.05) is 0 Å². The Morgan fingerprint density at radius 3 is 2.15 bits per heavy atom. The maximum atomic E-state index is 13.3. The van der Waals surface area contributed by atoms with Crippen LogP contribution < -0.4 is 0 Å². The highest BCUT2D eigenvalue weighted by Crippen LogP contribution is 2.36. The number of carboxylic acid groups (broad SMARTS) is 1. The number of hydrogen-bond acceptors (Lipinski definition) is 5. The highest BCUT2D eigenvalue weighted by molar-refractivity contribution is 7.92. The minimum absolute atomic E-state index is 0.0777. The van der Waals surface area contributed by atoms with Gasteiger partial charge >= 0.3 is 0 Å². The fourth-order valence-corrected chi connectivity index (χ4v) is 6.07. The summed E-state index contributed by atoms with van der Waals surface area (Å²) in [4.78, 5) is 24.7. The van der Waals surface area contributed by atoms with Crippen molar-refractivity contribution in [3.8, 4) is 0 Å². The van der Waals surface area contributed by atoms with Crippen molar-refractivity contribution in [3.63, 3.8) is 0 Å². The van der Waals surface area contributed by atoms with E-state index >= 15 is 0 Å². The number of halogens is 2. The first-order valence-corrected chi connectivity index (χ1v) is 9.97. The average Bonchev–Trinajstić information content (AvgIpc) is 3.04. The average molecular weight is 404 g/mol. The molecule has 3 atom stereocenters. The van der Waals surface area contributed by atoms with Crippen LogP contribution in [0.15, 0.2) is 18.2 Å². The maximum Gasteiger partial charge on any atom is 0.300 e. The van der Waals surface area contributed by atoms with Gasteiger partial charge in [-0.25, -0.2) is 17.2 Å². The quantitative estimate of drug-likeness (QED) is 0.786. The van der Waals surface area contributed by atoms with E-state index in [0.717, 1.165) is 19.1 Å². The lowest BCUT2D eigenvalue weighted by molar-refractivity contribution is -0.134. The van der Waals surface area contributed by atoms with Crippen LogP contribution in [0.4, 0.5) is 8.78 Å². The smallest absolute Gasteiger partial charge is 0.300 e. The van der Waals surface area contributed by atoms with Crippen molar-refractivity contribution in [3.05, 3.63) is 35.4 Å². The third-order valence-corrected chi connectivity index (χ3v) is 6.95. The molecule has 2 saturated heterocycles. The van der Waals surface area contributed by atoms with Gasteiger partial charge in [-0.3, -0.25) is 9.59 Å². The summed E-state index contributed by atoms with van der Waals surface area (Å²) in [5.41, 5.74) is -0.0960. The predicted octanol–water partition coefficient (Wildman–Crippen LogP) is 0.855. The zero-order valence-electron chi connectivity index (χ0n) is 15.2. The van der Waals surface area contributed by atoms with E-state index in [4.69, 9.17) is 9.90 Å². The Morgan fingerprint density at radius 1 is 1.15 bits per heavy atom. The summed E-state index contributed by atoms with van der Waals surface area (Å²) in [6, 6.07) is 2.49. The van der Waals surface area contributed by atoms with Crippen molar-refractivity contribution in [1.29, 1.82) is 0 Å². The van der Waals surface area contributed by atoms with Gasteiger partial charge in [-0.05, 0) is 26.2 Å². The number of carbonyl (C=O) groups is 2. The number of amides is 1. The van der Waals surface area contributed by atoms with Gasteiger partial charge in [0, 0.05) is 43.6 Å². The van der Waals surface area contributed by atoms with E-state index < -0.39 is 38.6 Å². The van der Waals surface area contributed by atoms with E-state index in [-0.39, 0.29) is 36.4 Å². The van der Waals surface area contributed by atoms with Crippen LogP contribution in [-0.4, -0.2) is 79.4 Å². The molecule has 7 nitrogen and oxygen atoms in total. The lowest BCUT2D eigenvalue weighted by Crippen LogP contribution is -2.38. The maximum absolute atomic E-state index is 13.3. The third-order valence-electron chi connectivity index (χ3n) is 4.73. The van der Waals surface area contributed by atoms with Crippen molar-refractivity contribution in [2.24, 2.45) is 5.92 Å². The number of carbonyl (C=O) groups excluding carboxylic acids is 1. The Hall–Kier alpha value is -2.07. The Bertz CT molecular complexity index is 819. The summed E-state index contributed by atoms with van der Waals surface area (Å²) in [5.74, 6) is -3.10. The zero-order chi connectivity index (χ0) is 20.5. The highest BCUT2D eigenvalue weighted by Gasteiger charge is 2.53. The Balaban J connectivity index is 0.000000596. The van der Waals surface area contributed by atoms with Gasteiger partial charge in [0.1, 0.15) is 11.6 Å². The molecule has 2 aliphatic rings. The molecule has 0 radical (unpaired) electrons. The molecule has 1 amide bonds. The molecular formula is C17H22F2N2O5S. The van der Waals surface area contributed by atoms with Gasteiger partial charge in [0.25, 0.3) is 11.9 Å². The lowest BCUT2D eigenvalue weighted by atomic mass is 10.00. The number of fused-ring (bicyclic) bond motifs is 1. The molecule has 0 aliphatic carbocycles. The Kier molecular flexibility index (Phi) is 6.21. The summed E-state index contributed by atoms with van der Waals surface area (Å²) >= 11 is 0. The molecule has 0 unspecified atom stereocenters. The molecule has 0 aromatic heterocycles. The molecular weight excluding hydrogens is 382 g/mol. The molecule has 27 heavy (non-hydrogen) atoms. The van der Waals surface area contributed by atoms with Crippen LogP contribution >= 0.6 is 0 Å². The first kappa shape index (κ1) is 21.2. The fourth-order valence-electron chi connectivity index (χ4n) is 3.59. The molecule has 0 spiro atoms. The second-order valence-electron chi connectivity index (χ2n) is 6.95. The molecule has 2 fully saturated rings. The number of nitrogens with zero attached hydrogens (tertiary/aromatic N) is 2. The molecule has 0 saturated carbocycles. The van der Waals surface area contributed by atoms with Crippen LogP contribution in [0, 0.1) is 17.6 Å². The van der Waals surface area contributed by atoms with Crippen LogP contribution in [0.1, 0.15) is 17.3 Å². The van der Waals surface area contributed by atoms with Gasteiger partial charge in [0.15, 0.2) is 9.84 Å². The number of rotatable bonds is 2. The largest absolute Gasteiger partial charge is 0.481 e. The van der Waals surface area contributed by atoms with E-state index in [9.17, 15) is 22.0 Å². The number of hydrogen-bond donors (Lipinski definition) is 1. The Morgan fingerprint density at radius 2 is 1.67 bits per heavy atom. The monoisotopic (exact) mass is 404 g/mol. The topological polar surface area (TPSA) is 95.0 Å². The zero-order valence-corrected chi connectivity index (χ0v) is 16.0. The van der Waals surface area contributed by atoms with Crippen LogP contribution in [-0.2, 0) is 14.6 Å². The van der Waals surface area contributed by atoms with Gasteiger partial charge in [-0.15, -0.1) is 0 Å². The molecule has 1 N–H and O–H groups in total. The van der Waals surface area contributed by atoms with Crippen molar-refractivity contribution in [2.75, 3.05) is 32.9 Å². The van der Waals surface area contributed by atoms with Crippen LogP contribution in [0.3, 0.4) is 0 Å². The lowest BCUT2D eigenvalue weighted by Gasteiger charge is -2.25.